The van der Waals surface area contributed by atoms with Gasteiger partial charge in [-0.2, -0.15) is 10.1 Å². The van der Waals surface area contributed by atoms with Gasteiger partial charge < -0.3 is 5.32 Å². The van der Waals surface area contributed by atoms with Crippen LogP contribution in [-0.2, 0) is 4.79 Å². The molecular formula is C14H12Cl2N4O. The Morgan fingerprint density at radius 2 is 2.14 bits per heavy atom. The van der Waals surface area contributed by atoms with E-state index in [4.69, 9.17) is 23.2 Å². The summed E-state index contributed by atoms with van der Waals surface area (Å²) < 4.78 is 1.64. The zero-order chi connectivity index (χ0) is 15.1. The highest BCUT2D eigenvalue weighted by Gasteiger charge is 2.33. The third kappa shape index (κ3) is 2.22. The summed E-state index contributed by atoms with van der Waals surface area (Å²) in [6.45, 7) is 3.36. The van der Waals surface area contributed by atoms with Gasteiger partial charge in [-0.15, -0.1) is 0 Å². The van der Waals surface area contributed by atoms with E-state index in [1.54, 1.807) is 16.8 Å². The minimum Gasteiger partial charge on any atom is -0.328 e. The molecule has 1 aromatic carbocycles. The van der Waals surface area contributed by atoms with Crippen molar-refractivity contribution in [2.75, 3.05) is 5.32 Å². The van der Waals surface area contributed by atoms with Crippen LogP contribution >= 0.6 is 23.2 Å². The molecule has 1 aromatic heterocycles. The maximum absolute atomic E-state index is 12.1. The Balaban J connectivity index is 2.27. The van der Waals surface area contributed by atoms with E-state index in [1.807, 2.05) is 13.0 Å². The second-order valence-electron chi connectivity index (χ2n) is 4.79. The summed E-state index contributed by atoms with van der Waals surface area (Å²) in [6.07, 6.45) is 1.43. The third-order valence-electron chi connectivity index (χ3n) is 3.45. The van der Waals surface area contributed by atoms with E-state index >= 15 is 0 Å². The molecule has 3 rings (SSSR count). The molecule has 1 aliphatic heterocycles. The number of benzene rings is 1. The van der Waals surface area contributed by atoms with E-state index < -0.39 is 6.04 Å². The van der Waals surface area contributed by atoms with Crippen molar-refractivity contribution in [1.29, 1.82) is 0 Å². The van der Waals surface area contributed by atoms with Crippen molar-refractivity contribution < 1.29 is 4.79 Å². The van der Waals surface area contributed by atoms with Crippen molar-refractivity contribution in [2.24, 2.45) is 0 Å². The van der Waals surface area contributed by atoms with Gasteiger partial charge in [0.05, 0.1) is 10.0 Å². The Hall–Kier alpha value is -1.85. The summed E-state index contributed by atoms with van der Waals surface area (Å²) in [7, 11) is 0. The number of anilines is 1. The van der Waals surface area contributed by atoms with Gasteiger partial charge in [0.25, 0.3) is 0 Å². The van der Waals surface area contributed by atoms with Gasteiger partial charge in [-0.3, -0.25) is 4.79 Å². The highest BCUT2D eigenvalue weighted by molar-refractivity contribution is 6.42. The van der Waals surface area contributed by atoms with E-state index in [1.165, 1.54) is 13.3 Å². The molecule has 0 fully saturated rings. The number of Topliss-reactive ketones (excluding diaryl/α,β-unsaturated/α-hetero) is 1. The smallest absolute Gasteiger partial charge is 0.226 e. The molecule has 2 heterocycles. The summed E-state index contributed by atoms with van der Waals surface area (Å²) in [6, 6.07) is 4.91. The summed E-state index contributed by atoms with van der Waals surface area (Å²) in [4.78, 5) is 16.2. The second-order valence-corrected chi connectivity index (χ2v) is 5.58. The molecule has 0 radical (unpaired) electrons. The van der Waals surface area contributed by atoms with Gasteiger partial charge in [0, 0.05) is 16.8 Å². The molecule has 0 bridgehead atoms. The van der Waals surface area contributed by atoms with E-state index in [-0.39, 0.29) is 5.78 Å². The molecule has 2 aromatic rings. The Kier molecular flexibility index (Phi) is 3.47. The average Bonchev–Trinajstić information content (AvgIpc) is 2.88. The van der Waals surface area contributed by atoms with E-state index in [0.29, 0.717) is 21.6 Å². The summed E-state index contributed by atoms with van der Waals surface area (Å²) in [5.74, 6) is 0.515. The molecule has 1 N–H and O–H groups in total. The van der Waals surface area contributed by atoms with Crippen molar-refractivity contribution in [1.82, 2.24) is 14.8 Å². The first-order valence-corrected chi connectivity index (χ1v) is 7.08. The SMILES string of the molecule is CC(=O)C1=C(C)Nc2ncnn2C1c1cccc(Cl)c1Cl. The zero-order valence-corrected chi connectivity index (χ0v) is 12.9. The molecule has 1 aliphatic rings. The Morgan fingerprint density at radius 3 is 2.86 bits per heavy atom. The number of allylic oxidation sites excluding steroid dienone is 2. The number of carbonyl (C=O) groups is 1. The summed E-state index contributed by atoms with van der Waals surface area (Å²) >= 11 is 12.4. The van der Waals surface area contributed by atoms with Crippen LogP contribution < -0.4 is 5.32 Å². The summed E-state index contributed by atoms with van der Waals surface area (Å²) in [5.41, 5.74) is 2.06. The molecule has 0 saturated carbocycles. The minimum atomic E-state index is -0.438. The number of nitrogens with one attached hydrogen (secondary N) is 1. The van der Waals surface area contributed by atoms with Crippen LogP contribution in [-0.4, -0.2) is 20.5 Å². The molecule has 7 heteroatoms. The van der Waals surface area contributed by atoms with Crippen LogP contribution in [0.3, 0.4) is 0 Å². The van der Waals surface area contributed by atoms with Crippen molar-refractivity contribution in [3.05, 3.63) is 51.4 Å². The number of carbonyl (C=O) groups excluding carboxylic acids is 1. The fourth-order valence-corrected chi connectivity index (χ4v) is 2.98. The molecule has 21 heavy (non-hydrogen) atoms. The maximum Gasteiger partial charge on any atom is 0.226 e. The standard InChI is InChI=1S/C14H12Cl2N4O/c1-7-11(8(2)21)13(20-14(19-7)17-6-18-20)9-4-3-5-10(15)12(9)16/h3-6,13H,1-2H3,(H,17,18,19). The minimum absolute atomic E-state index is 0.0535. The van der Waals surface area contributed by atoms with Crippen LogP contribution in [0.2, 0.25) is 10.0 Å². The first-order chi connectivity index (χ1) is 10.0. The second kappa shape index (κ2) is 5.16. The monoisotopic (exact) mass is 322 g/mol. The van der Waals surface area contributed by atoms with Crippen LogP contribution in [0.1, 0.15) is 25.5 Å². The molecule has 0 amide bonds. The van der Waals surface area contributed by atoms with Crippen LogP contribution in [0.25, 0.3) is 0 Å². The van der Waals surface area contributed by atoms with Gasteiger partial charge in [-0.25, -0.2) is 4.68 Å². The summed E-state index contributed by atoms with van der Waals surface area (Å²) in [5, 5.41) is 8.14. The van der Waals surface area contributed by atoms with E-state index in [9.17, 15) is 4.79 Å². The molecule has 0 spiro atoms. The predicted octanol–water partition coefficient (Wildman–Crippen LogP) is 3.46. The first-order valence-electron chi connectivity index (χ1n) is 6.33. The van der Waals surface area contributed by atoms with Gasteiger partial charge >= 0.3 is 0 Å². The molecule has 1 atom stereocenters. The number of hydrogen-bond donors (Lipinski definition) is 1. The largest absolute Gasteiger partial charge is 0.328 e. The zero-order valence-electron chi connectivity index (χ0n) is 11.4. The van der Waals surface area contributed by atoms with Gasteiger partial charge in [-0.1, -0.05) is 35.3 Å². The molecule has 5 nitrogen and oxygen atoms in total. The highest BCUT2D eigenvalue weighted by Crippen LogP contribution is 2.39. The lowest BCUT2D eigenvalue weighted by molar-refractivity contribution is -0.114. The van der Waals surface area contributed by atoms with E-state index in [0.717, 1.165) is 11.3 Å². The number of nitrogens with zero attached hydrogens (tertiary/aromatic N) is 3. The van der Waals surface area contributed by atoms with Crippen LogP contribution in [0.4, 0.5) is 5.95 Å². The number of ketones is 1. The Morgan fingerprint density at radius 1 is 1.38 bits per heavy atom. The van der Waals surface area contributed by atoms with Crippen molar-refractivity contribution in [3.8, 4) is 0 Å². The fourth-order valence-electron chi connectivity index (χ4n) is 2.57. The number of fused-ring (bicyclic) bond motifs is 1. The van der Waals surface area contributed by atoms with Crippen molar-refractivity contribution >= 4 is 34.9 Å². The van der Waals surface area contributed by atoms with Crippen molar-refractivity contribution in [2.45, 2.75) is 19.9 Å². The molecule has 0 aliphatic carbocycles. The van der Waals surface area contributed by atoms with Gasteiger partial charge in [0.15, 0.2) is 5.78 Å². The lowest BCUT2D eigenvalue weighted by atomic mass is 9.93. The first kappa shape index (κ1) is 14.1. The Bertz CT molecular complexity index is 766. The highest BCUT2D eigenvalue weighted by atomic mass is 35.5. The fraction of sp³-hybridized carbons (Fsp3) is 0.214. The molecular weight excluding hydrogens is 311 g/mol. The van der Waals surface area contributed by atoms with Gasteiger partial charge in [0.1, 0.15) is 12.4 Å². The van der Waals surface area contributed by atoms with Gasteiger partial charge in [0.2, 0.25) is 5.95 Å². The maximum atomic E-state index is 12.1. The number of rotatable bonds is 2. The number of aromatic nitrogens is 3. The molecule has 0 saturated heterocycles. The number of halogens is 2. The average molecular weight is 323 g/mol. The van der Waals surface area contributed by atoms with Crippen LogP contribution in [0, 0.1) is 0 Å². The quantitative estimate of drug-likeness (QED) is 0.919. The van der Waals surface area contributed by atoms with Crippen molar-refractivity contribution in [3.63, 3.8) is 0 Å². The lowest BCUT2D eigenvalue weighted by Gasteiger charge is -2.28. The Labute approximate surface area is 131 Å². The molecule has 1 unspecified atom stereocenters. The number of hydrogen-bond acceptors (Lipinski definition) is 4. The third-order valence-corrected chi connectivity index (χ3v) is 4.28. The topological polar surface area (TPSA) is 59.8 Å². The predicted molar refractivity (Wildman–Crippen MR) is 81.6 cm³/mol. The van der Waals surface area contributed by atoms with Crippen LogP contribution in [0.5, 0.6) is 0 Å². The molecule has 108 valence electrons. The lowest BCUT2D eigenvalue weighted by Crippen LogP contribution is -2.28. The normalized spacial score (nSPS) is 17.4. The van der Waals surface area contributed by atoms with Crippen LogP contribution in [0.15, 0.2) is 35.8 Å². The van der Waals surface area contributed by atoms with E-state index in [2.05, 4.69) is 15.4 Å². The van der Waals surface area contributed by atoms with Gasteiger partial charge in [-0.05, 0) is 19.9 Å².